The van der Waals surface area contributed by atoms with Gasteiger partial charge in [0.15, 0.2) is 23.7 Å². The summed E-state index contributed by atoms with van der Waals surface area (Å²) < 4.78 is 29.6. The summed E-state index contributed by atoms with van der Waals surface area (Å²) in [6.07, 6.45) is 6.02. The molecule has 0 saturated heterocycles. The molecular formula is C22H20N4O5S. The van der Waals surface area contributed by atoms with Gasteiger partial charge in [0.1, 0.15) is 11.9 Å². The van der Waals surface area contributed by atoms with Crippen LogP contribution in [0.5, 0.6) is 11.5 Å². The van der Waals surface area contributed by atoms with Gasteiger partial charge in [0.05, 0.1) is 32.7 Å². The Bertz CT molecular complexity index is 1290. The molecule has 3 heterocycles. The second kappa shape index (κ2) is 9.25. The summed E-state index contributed by atoms with van der Waals surface area (Å²) in [5.41, 5.74) is 2.32. The van der Waals surface area contributed by atoms with E-state index >= 15 is 0 Å². The Morgan fingerprint density at radius 2 is 1.84 bits per heavy atom. The fourth-order valence-corrected chi connectivity index (χ4v) is 3.61. The molecule has 0 radical (unpaired) electrons. The number of oxazole rings is 1. The number of methoxy groups -OCH3 is 2. The first-order valence-corrected chi connectivity index (χ1v) is 11.1. The predicted octanol–water partition coefficient (Wildman–Crippen LogP) is 2.76. The van der Waals surface area contributed by atoms with Crippen molar-refractivity contribution in [2.75, 3.05) is 20.5 Å². The summed E-state index contributed by atoms with van der Waals surface area (Å²) in [5, 5.41) is 0.159. The molecule has 4 aromatic rings. The smallest absolute Gasteiger partial charge is 0.343 e. The van der Waals surface area contributed by atoms with Crippen LogP contribution in [0.2, 0.25) is 0 Å². The van der Waals surface area contributed by atoms with Crippen molar-refractivity contribution in [1.29, 1.82) is 0 Å². The summed E-state index contributed by atoms with van der Waals surface area (Å²) in [7, 11) is 3.13. The first kappa shape index (κ1) is 21.6. The van der Waals surface area contributed by atoms with Gasteiger partial charge < -0.3 is 23.0 Å². The van der Waals surface area contributed by atoms with Gasteiger partial charge in [0.25, 0.3) is 5.56 Å². The quantitative estimate of drug-likeness (QED) is 0.310. The Labute approximate surface area is 186 Å². The van der Waals surface area contributed by atoms with Crippen molar-refractivity contribution in [3.8, 4) is 34.2 Å². The number of rotatable bonds is 7. The fraction of sp³-hybridized carbons (Fsp3) is 0.182. The zero-order valence-electron chi connectivity index (χ0n) is 17.6. The van der Waals surface area contributed by atoms with Gasteiger partial charge in [-0.15, -0.1) is 0 Å². The molecule has 9 nitrogen and oxygen atoms in total. The standard InChI is InChI=1S/C22H20N4O5S/c1-29-18-6-4-14(8-19(18)30-2)11-26-12-15(5-7-21(26)27)16-9-17(20-10-23-13-31-20)25-22(24-16)32(3)28/h4-10,12-13H,11H2,1-3H3. The highest BCUT2D eigenvalue weighted by atomic mass is 32.2. The summed E-state index contributed by atoms with van der Waals surface area (Å²) in [5.74, 6) is 1.62. The van der Waals surface area contributed by atoms with Gasteiger partial charge in [-0.25, -0.2) is 4.98 Å². The SMILES string of the molecule is COc1ccc(Cn2cc(-c3cc(-c4cnco4)nc([S+](C)[O-])n3)ccc2=O)cc1OC. The van der Waals surface area contributed by atoms with Crippen LogP contribution in [0.3, 0.4) is 0 Å². The Balaban J connectivity index is 1.74. The maximum Gasteiger partial charge on any atom is 0.343 e. The van der Waals surface area contributed by atoms with Crippen LogP contribution in [0.1, 0.15) is 5.56 Å². The van der Waals surface area contributed by atoms with Crippen molar-refractivity contribution < 1.29 is 18.4 Å². The molecule has 0 aliphatic rings. The normalized spacial score (nSPS) is 11.9. The van der Waals surface area contributed by atoms with E-state index in [2.05, 4.69) is 15.0 Å². The lowest BCUT2D eigenvalue weighted by Gasteiger charge is -2.12. The van der Waals surface area contributed by atoms with E-state index < -0.39 is 11.2 Å². The highest BCUT2D eigenvalue weighted by molar-refractivity contribution is 7.90. The van der Waals surface area contributed by atoms with Crippen LogP contribution in [0.15, 0.2) is 69.6 Å². The molecule has 0 aliphatic carbocycles. The van der Waals surface area contributed by atoms with Crippen LogP contribution in [-0.2, 0) is 17.7 Å². The summed E-state index contributed by atoms with van der Waals surface area (Å²) in [4.78, 5) is 25.1. The van der Waals surface area contributed by atoms with E-state index in [1.807, 2.05) is 12.1 Å². The molecule has 1 aromatic carbocycles. The van der Waals surface area contributed by atoms with Gasteiger partial charge >= 0.3 is 5.16 Å². The van der Waals surface area contributed by atoms with Gasteiger partial charge in [-0.2, -0.15) is 9.97 Å². The Morgan fingerprint density at radius 1 is 1.06 bits per heavy atom. The van der Waals surface area contributed by atoms with E-state index in [0.717, 1.165) is 5.56 Å². The van der Waals surface area contributed by atoms with Crippen molar-refractivity contribution in [2.24, 2.45) is 0 Å². The third kappa shape index (κ3) is 4.51. The highest BCUT2D eigenvalue weighted by Gasteiger charge is 2.17. The van der Waals surface area contributed by atoms with Gasteiger partial charge in [0.2, 0.25) is 0 Å². The average Bonchev–Trinajstić information content (AvgIpc) is 3.35. The molecule has 0 amide bonds. The molecule has 4 rings (SSSR count). The number of nitrogens with zero attached hydrogens (tertiary/aromatic N) is 4. The van der Waals surface area contributed by atoms with Gasteiger partial charge in [0, 0.05) is 29.0 Å². The third-order valence-corrected chi connectivity index (χ3v) is 5.42. The molecule has 1 atom stereocenters. The maximum absolute atomic E-state index is 12.5. The van der Waals surface area contributed by atoms with Crippen molar-refractivity contribution in [1.82, 2.24) is 19.5 Å². The number of aromatic nitrogens is 4. The minimum atomic E-state index is -1.41. The lowest BCUT2D eigenvalue weighted by atomic mass is 10.1. The summed E-state index contributed by atoms with van der Waals surface area (Å²) in [6, 6.07) is 10.3. The third-order valence-electron chi connectivity index (χ3n) is 4.73. The Kier molecular flexibility index (Phi) is 6.24. The Morgan fingerprint density at radius 3 is 2.53 bits per heavy atom. The first-order chi connectivity index (χ1) is 15.5. The molecule has 0 fully saturated rings. The average molecular weight is 452 g/mol. The van der Waals surface area contributed by atoms with Crippen LogP contribution in [-0.4, -0.2) is 44.5 Å². The van der Waals surface area contributed by atoms with Crippen molar-refractivity contribution in [3.63, 3.8) is 0 Å². The molecule has 1 unspecified atom stereocenters. The first-order valence-electron chi connectivity index (χ1n) is 9.51. The molecule has 32 heavy (non-hydrogen) atoms. The molecule has 0 N–H and O–H groups in total. The predicted molar refractivity (Wildman–Crippen MR) is 118 cm³/mol. The zero-order chi connectivity index (χ0) is 22.7. The number of ether oxygens (including phenoxy) is 2. The lowest BCUT2D eigenvalue weighted by Crippen LogP contribution is -2.19. The number of hydrogen-bond acceptors (Lipinski definition) is 8. The van der Waals surface area contributed by atoms with E-state index in [-0.39, 0.29) is 10.7 Å². The number of benzene rings is 1. The van der Waals surface area contributed by atoms with Gasteiger partial charge in [-0.05, 0) is 29.8 Å². The fourth-order valence-electron chi connectivity index (χ4n) is 3.15. The second-order valence-corrected chi connectivity index (χ2v) is 8.09. The van der Waals surface area contributed by atoms with Crippen LogP contribution >= 0.6 is 0 Å². The van der Waals surface area contributed by atoms with E-state index in [1.165, 1.54) is 24.9 Å². The van der Waals surface area contributed by atoms with Crippen LogP contribution in [0, 0.1) is 0 Å². The van der Waals surface area contributed by atoms with E-state index in [0.29, 0.717) is 40.8 Å². The molecule has 0 saturated carbocycles. The van der Waals surface area contributed by atoms with Crippen LogP contribution < -0.4 is 15.0 Å². The van der Waals surface area contributed by atoms with Gasteiger partial charge in [-0.1, -0.05) is 6.07 Å². The summed E-state index contributed by atoms with van der Waals surface area (Å²) in [6.45, 7) is 0.319. The van der Waals surface area contributed by atoms with Crippen molar-refractivity contribution >= 4 is 11.2 Å². The molecule has 10 heteroatoms. The minimum absolute atomic E-state index is 0.159. The van der Waals surface area contributed by atoms with E-state index in [4.69, 9.17) is 13.9 Å². The molecule has 0 spiro atoms. The topological polar surface area (TPSA) is 115 Å². The second-order valence-electron chi connectivity index (χ2n) is 6.81. The number of hydrogen-bond donors (Lipinski definition) is 0. The lowest BCUT2D eigenvalue weighted by molar-refractivity contribution is 0.354. The van der Waals surface area contributed by atoms with E-state index in [9.17, 15) is 9.35 Å². The summed E-state index contributed by atoms with van der Waals surface area (Å²) >= 11 is -1.41. The molecule has 3 aromatic heterocycles. The van der Waals surface area contributed by atoms with Crippen molar-refractivity contribution in [2.45, 2.75) is 11.7 Å². The minimum Gasteiger partial charge on any atom is -0.609 e. The Hall–Kier alpha value is -3.63. The molecular weight excluding hydrogens is 432 g/mol. The highest BCUT2D eigenvalue weighted by Crippen LogP contribution is 2.28. The molecule has 0 aliphatic heterocycles. The van der Waals surface area contributed by atoms with Crippen LogP contribution in [0.4, 0.5) is 0 Å². The molecule has 164 valence electrons. The maximum atomic E-state index is 12.5. The van der Waals surface area contributed by atoms with Crippen molar-refractivity contribution in [3.05, 3.63) is 71.1 Å². The van der Waals surface area contributed by atoms with E-state index in [1.54, 1.807) is 43.2 Å². The molecule has 0 bridgehead atoms. The van der Waals surface area contributed by atoms with Gasteiger partial charge in [-0.3, -0.25) is 4.79 Å². The van der Waals surface area contributed by atoms with Crippen LogP contribution in [0.25, 0.3) is 22.7 Å². The monoisotopic (exact) mass is 452 g/mol. The largest absolute Gasteiger partial charge is 0.609 e. The zero-order valence-corrected chi connectivity index (χ0v) is 18.5. The number of pyridine rings is 1.